The molecule has 2 rings (SSSR count). The van der Waals surface area contributed by atoms with Crippen LogP contribution < -0.4 is 0 Å². The van der Waals surface area contributed by atoms with Crippen LogP contribution in [0.15, 0.2) is 36.7 Å². The first kappa shape index (κ1) is 16.0. The molecule has 0 saturated carbocycles. The average molecular weight is 304 g/mol. The maximum absolute atomic E-state index is 13.8. The van der Waals surface area contributed by atoms with Crippen LogP contribution in [-0.2, 0) is 9.53 Å². The molecule has 0 amide bonds. The van der Waals surface area contributed by atoms with Gasteiger partial charge in [-0.15, -0.1) is 0 Å². The molecule has 116 valence electrons. The summed E-state index contributed by atoms with van der Waals surface area (Å²) in [7, 11) is 0. The minimum Gasteiger partial charge on any atom is -0.365 e. The van der Waals surface area contributed by atoms with Crippen molar-refractivity contribution in [2.45, 2.75) is 19.9 Å². The van der Waals surface area contributed by atoms with Gasteiger partial charge in [-0.2, -0.15) is 4.39 Å². The van der Waals surface area contributed by atoms with Crippen LogP contribution in [-0.4, -0.2) is 34.3 Å². The van der Waals surface area contributed by atoms with Crippen LogP contribution in [0.4, 0.5) is 4.39 Å². The molecule has 5 nitrogen and oxygen atoms in total. The van der Waals surface area contributed by atoms with E-state index in [1.54, 1.807) is 0 Å². The number of benzene rings is 1. The lowest BCUT2D eigenvalue weighted by molar-refractivity contribution is -0.121. The van der Waals surface area contributed by atoms with Crippen LogP contribution in [0.1, 0.15) is 35.9 Å². The zero-order valence-corrected chi connectivity index (χ0v) is 12.5. The molecule has 22 heavy (non-hydrogen) atoms. The Morgan fingerprint density at radius 2 is 1.95 bits per heavy atom. The van der Waals surface area contributed by atoms with Gasteiger partial charge in [0.25, 0.3) is 0 Å². The van der Waals surface area contributed by atoms with Crippen LogP contribution in [0.2, 0.25) is 0 Å². The van der Waals surface area contributed by atoms with Crippen molar-refractivity contribution in [3.63, 3.8) is 0 Å². The fourth-order valence-electron chi connectivity index (χ4n) is 2.14. The van der Waals surface area contributed by atoms with Gasteiger partial charge in [0, 0.05) is 0 Å². The fraction of sp³-hybridized carbons (Fsp3) is 0.312. The highest BCUT2D eigenvalue weighted by Gasteiger charge is 2.22. The Morgan fingerprint density at radius 1 is 1.27 bits per heavy atom. The van der Waals surface area contributed by atoms with Crippen LogP contribution in [0.25, 0.3) is 0 Å². The van der Waals surface area contributed by atoms with Crippen molar-refractivity contribution < 1.29 is 18.7 Å². The maximum Gasteiger partial charge on any atom is 0.242 e. The Morgan fingerprint density at radius 3 is 2.59 bits per heavy atom. The van der Waals surface area contributed by atoms with Crippen LogP contribution in [0.5, 0.6) is 0 Å². The number of hydrogen-bond donors (Lipinski definition) is 0. The standard InChI is InChI=1S/C16H17FN2O3/c1-11(20)8-22-9-14(21)15-16(17)18-10-19(15)12(2)13-6-4-3-5-7-13/h3-7,10,12H,8-9H2,1-2H3/t12-/m1/s1. The molecule has 1 heterocycles. The molecule has 0 bridgehead atoms. The number of Topliss-reactive ketones (excluding diaryl/α,β-unsaturated/α-hetero) is 2. The third kappa shape index (κ3) is 3.65. The van der Waals surface area contributed by atoms with Crippen LogP contribution in [0.3, 0.4) is 0 Å². The molecule has 0 saturated heterocycles. The Bertz CT molecular complexity index is 667. The number of imidazole rings is 1. The summed E-state index contributed by atoms with van der Waals surface area (Å²) in [6.45, 7) is 2.68. The SMILES string of the molecule is CC(=O)COCC(=O)c1c(F)ncn1[C@H](C)c1ccccc1. The molecule has 2 aromatic rings. The van der Waals surface area contributed by atoms with E-state index < -0.39 is 11.7 Å². The van der Waals surface area contributed by atoms with Crippen molar-refractivity contribution in [1.29, 1.82) is 0 Å². The third-order valence-corrected chi connectivity index (χ3v) is 3.25. The first-order valence-corrected chi connectivity index (χ1v) is 6.88. The number of carbonyl (C=O) groups is 2. The van der Waals surface area contributed by atoms with Crippen molar-refractivity contribution in [1.82, 2.24) is 9.55 Å². The van der Waals surface area contributed by atoms with E-state index in [4.69, 9.17) is 4.74 Å². The second kappa shape index (κ2) is 7.09. The normalized spacial score (nSPS) is 12.1. The van der Waals surface area contributed by atoms with Gasteiger partial charge in [0.05, 0.1) is 12.4 Å². The molecule has 0 fully saturated rings. The van der Waals surface area contributed by atoms with Gasteiger partial charge in [-0.1, -0.05) is 30.3 Å². The van der Waals surface area contributed by atoms with Gasteiger partial charge in [0.2, 0.25) is 11.7 Å². The fourth-order valence-corrected chi connectivity index (χ4v) is 2.14. The third-order valence-electron chi connectivity index (χ3n) is 3.25. The topological polar surface area (TPSA) is 61.2 Å². The molecule has 0 aliphatic heterocycles. The van der Waals surface area contributed by atoms with Crippen LogP contribution in [0, 0.1) is 5.95 Å². The summed E-state index contributed by atoms with van der Waals surface area (Å²) in [5.74, 6) is -1.57. The summed E-state index contributed by atoms with van der Waals surface area (Å²) in [5, 5.41) is 0. The number of aromatic nitrogens is 2. The zero-order chi connectivity index (χ0) is 16.1. The van der Waals surface area contributed by atoms with E-state index in [9.17, 15) is 14.0 Å². The van der Waals surface area contributed by atoms with Gasteiger partial charge in [0.1, 0.15) is 18.9 Å². The second-order valence-corrected chi connectivity index (χ2v) is 5.00. The Hall–Kier alpha value is -2.34. The Kier molecular flexibility index (Phi) is 5.16. The van der Waals surface area contributed by atoms with Crippen molar-refractivity contribution in [2.75, 3.05) is 13.2 Å². The lowest BCUT2D eigenvalue weighted by Crippen LogP contribution is -2.20. The number of ketones is 2. The van der Waals surface area contributed by atoms with Crippen molar-refractivity contribution in [3.8, 4) is 0 Å². The molecule has 0 spiro atoms. The molecular weight excluding hydrogens is 287 g/mol. The van der Waals surface area contributed by atoms with Gasteiger partial charge < -0.3 is 9.30 Å². The van der Waals surface area contributed by atoms with Crippen molar-refractivity contribution in [2.24, 2.45) is 0 Å². The lowest BCUT2D eigenvalue weighted by atomic mass is 10.1. The monoisotopic (exact) mass is 304 g/mol. The highest BCUT2D eigenvalue weighted by atomic mass is 19.1. The van der Waals surface area contributed by atoms with Crippen LogP contribution >= 0.6 is 0 Å². The Labute approximate surface area is 127 Å². The summed E-state index contributed by atoms with van der Waals surface area (Å²) < 4.78 is 20.3. The van der Waals surface area contributed by atoms with Gasteiger partial charge in [-0.3, -0.25) is 9.59 Å². The zero-order valence-electron chi connectivity index (χ0n) is 12.5. The number of ether oxygens (including phenoxy) is 1. The van der Waals surface area contributed by atoms with Crippen molar-refractivity contribution >= 4 is 11.6 Å². The second-order valence-electron chi connectivity index (χ2n) is 5.00. The lowest BCUT2D eigenvalue weighted by Gasteiger charge is -2.16. The summed E-state index contributed by atoms with van der Waals surface area (Å²) in [6.07, 6.45) is 1.30. The quantitative estimate of drug-likeness (QED) is 0.737. The number of hydrogen-bond acceptors (Lipinski definition) is 4. The minimum atomic E-state index is -0.834. The molecule has 1 aromatic heterocycles. The number of rotatable bonds is 7. The predicted octanol–water partition coefficient (Wildman–Crippen LogP) is 2.42. The molecule has 6 heteroatoms. The van der Waals surface area contributed by atoms with Gasteiger partial charge in [0.15, 0.2) is 5.78 Å². The molecule has 0 aliphatic rings. The summed E-state index contributed by atoms with van der Waals surface area (Å²) in [5.41, 5.74) is 0.790. The van der Waals surface area contributed by atoms with E-state index in [0.717, 1.165) is 5.56 Å². The first-order chi connectivity index (χ1) is 10.5. The average Bonchev–Trinajstić information content (AvgIpc) is 2.88. The minimum absolute atomic E-state index is 0.139. The smallest absolute Gasteiger partial charge is 0.242 e. The van der Waals surface area contributed by atoms with Gasteiger partial charge in [-0.25, -0.2) is 4.98 Å². The Balaban J connectivity index is 2.20. The number of carbonyl (C=O) groups excluding carboxylic acids is 2. The molecule has 0 aliphatic carbocycles. The highest BCUT2D eigenvalue weighted by molar-refractivity contribution is 5.95. The molecule has 1 aromatic carbocycles. The molecule has 1 atom stereocenters. The largest absolute Gasteiger partial charge is 0.365 e. The summed E-state index contributed by atoms with van der Waals surface area (Å²) in [6, 6.07) is 9.16. The predicted molar refractivity (Wildman–Crippen MR) is 78.3 cm³/mol. The summed E-state index contributed by atoms with van der Waals surface area (Å²) >= 11 is 0. The van der Waals surface area contributed by atoms with Gasteiger partial charge in [-0.05, 0) is 19.4 Å². The number of halogens is 1. The summed E-state index contributed by atoms with van der Waals surface area (Å²) in [4.78, 5) is 26.5. The van der Waals surface area contributed by atoms with Crippen molar-refractivity contribution in [3.05, 3.63) is 53.9 Å². The van der Waals surface area contributed by atoms with Gasteiger partial charge >= 0.3 is 0 Å². The number of nitrogens with zero attached hydrogens (tertiary/aromatic N) is 2. The molecule has 0 unspecified atom stereocenters. The van der Waals surface area contributed by atoms with E-state index in [1.165, 1.54) is 17.8 Å². The molecule has 0 radical (unpaired) electrons. The van der Waals surface area contributed by atoms with E-state index >= 15 is 0 Å². The molecule has 0 N–H and O–H groups in total. The highest BCUT2D eigenvalue weighted by Crippen LogP contribution is 2.21. The van der Waals surface area contributed by atoms with E-state index in [0.29, 0.717) is 0 Å². The van der Waals surface area contributed by atoms with E-state index in [-0.39, 0.29) is 30.7 Å². The maximum atomic E-state index is 13.8. The molecular formula is C16H17FN2O3. The first-order valence-electron chi connectivity index (χ1n) is 6.88. The van der Waals surface area contributed by atoms with E-state index in [1.807, 2.05) is 37.3 Å². The van der Waals surface area contributed by atoms with E-state index in [2.05, 4.69) is 4.98 Å².